The van der Waals surface area contributed by atoms with E-state index in [-0.39, 0.29) is 6.04 Å². The van der Waals surface area contributed by atoms with Gasteiger partial charge in [0.1, 0.15) is 5.52 Å². The lowest BCUT2D eigenvalue weighted by Crippen LogP contribution is -2.36. The highest BCUT2D eigenvalue weighted by molar-refractivity contribution is 5.88. The van der Waals surface area contributed by atoms with Gasteiger partial charge in [-0.15, -0.1) is 5.10 Å². The Labute approximate surface area is 182 Å². The van der Waals surface area contributed by atoms with Crippen molar-refractivity contribution in [3.63, 3.8) is 0 Å². The normalized spacial score (nSPS) is 21.2. The molecule has 1 aliphatic carbocycles. The number of rotatable bonds is 5. The Morgan fingerprint density at radius 2 is 1.94 bits per heavy atom. The number of pyridine rings is 1. The molecule has 1 aliphatic rings. The van der Waals surface area contributed by atoms with E-state index in [1.807, 2.05) is 63.7 Å². The Morgan fingerprint density at radius 1 is 1.19 bits per heavy atom. The quantitative estimate of drug-likeness (QED) is 0.529. The summed E-state index contributed by atoms with van der Waals surface area (Å²) in [5, 5.41) is 21.5. The van der Waals surface area contributed by atoms with E-state index in [1.54, 1.807) is 0 Å². The van der Waals surface area contributed by atoms with Gasteiger partial charge in [0.15, 0.2) is 5.82 Å². The molecule has 3 aromatic rings. The summed E-state index contributed by atoms with van der Waals surface area (Å²) < 4.78 is 1.84. The van der Waals surface area contributed by atoms with Gasteiger partial charge < -0.3 is 15.7 Å². The van der Waals surface area contributed by atoms with E-state index >= 15 is 0 Å². The molecule has 0 amide bonds. The van der Waals surface area contributed by atoms with E-state index in [2.05, 4.69) is 20.7 Å². The van der Waals surface area contributed by atoms with Crippen molar-refractivity contribution in [3.8, 4) is 11.3 Å². The number of fused-ring (bicyclic) bond motifs is 1. The molecule has 0 aromatic carbocycles. The lowest BCUT2D eigenvalue weighted by Gasteiger charge is -2.33. The molecule has 3 N–H and O–H groups in total. The number of hydrogen-bond acceptors (Lipinski definition) is 7. The van der Waals surface area contributed by atoms with Crippen molar-refractivity contribution in [2.75, 3.05) is 17.7 Å². The van der Waals surface area contributed by atoms with Gasteiger partial charge in [-0.1, -0.05) is 0 Å². The zero-order valence-corrected chi connectivity index (χ0v) is 18.9. The zero-order valence-electron chi connectivity index (χ0n) is 18.9. The van der Waals surface area contributed by atoms with E-state index in [9.17, 15) is 5.11 Å². The fraction of sp³-hybridized carbons (Fsp3) is 0.478. The number of nitrogens with zero attached hydrogens (tertiary/aromatic N) is 5. The smallest absolute Gasteiger partial charge is 0.243 e. The molecular weight excluding hydrogens is 390 g/mol. The summed E-state index contributed by atoms with van der Waals surface area (Å²) in [6.07, 6.45) is 5.29. The second-order valence-electron chi connectivity index (χ2n) is 8.83. The first-order valence-corrected chi connectivity index (χ1v) is 10.8. The summed E-state index contributed by atoms with van der Waals surface area (Å²) in [7, 11) is 1.86. The summed E-state index contributed by atoms with van der Waals surface area (Å²) >= 11 is 0. The Balaban J connectivity index is 1.65. The minimum atomic E-state index is -0.559. The lowest BCUT2D eigenvalue weighted by atomic mass is 9.84. The molecule has 4 rings (SSSR count). The van der Waals surface area contributed by atoms with E-state index in [0.717, 1.165) is 65.4 Å². The second kappa shape index (κ2) is 8.26. The fourth-order valence-corrected chi connectivity index (χ4v) is 4.10. The zero-order chi connectivity index (χ0) is 22.2. The largest absolute Gasteiger partial charge is 0.390 e. The Kier molecular flexibility index (Phi) is 5.66. The topological polar surface area (TPSA) is 99.7 Å². The van der Waals surface area contributed by atoms with Crippen LogP contribution >= 0.6 is 0 Å². The molecule has 0 atom stereocenters. The molecule has 1 fully saturated rings. The maximum absolute atomic E-state index is 10.2. The predicted octanol–water partition coefficient (Wildman–Crippen LogP) is 4.36. The number of anilines is 2. The minimum Gasteiger partial charge on any atom is -0.390 e. The summed E-state index contributed by atoms with van der Waals surface area (Å²) in [6, 6.07) is 6.27. The summed E-state index contributed by atoms with van der Waals surface area (Å²) in [5.41, 5.74) is 4.93. The van der Waals surface area contributed by atoms with Crippen molar-refractivity contribution in [2.24, 2.45) is 4.99 Å². The highest BCUT2D eigenvalue weighted by Gasteiger charge is 2.29. The van der Waals surface area contributed by atoms with Crippen molar-refractivity contribution >= 4 is 28.7 Å². The van der Waals surface area contributed by atoms with Crippen molar-refractivity contribution < 1.29 is 5.11 Å². The van der Waals surface area contributed by atoms with Crippen LogP contribution in [0.25, 0.3) is 16.8 Å². The van der Waals surface area contributed by atoms with Crippen LogP contribution in [-0.2, 0) is 0 Å². The van der Waals surface area contributed by atoms with Gasteiger partial charge in [0.05, 0.1) is 22.7 Å². The number of aromatic nitrogens is 4. The SMILES string of the molecule is CNc1nc(NC2CCC(C)(O)CC2)nn2ccc(-c3ccc(N=C(C)C)c(C)n3)c12. The van der Waals surface area contributed by atoms with Gasteiger partial charge in [0.25, 0.3) is 0 Å². The van der Waals surface area contributed by atoms with Crippen LogP contribution in [0.2, 0.25) is 0 Å². The molecule has 164 valence electrons. The first-order valence-electron chi connectivity index (χ1n) is 10.8. The molecule has 1 saturated carbocycles. The van der Waals surface area contributed by atoms with E-state index < -0.39 is 5.60 Å². The number of aryl methyl sites for hydroxylation is 1. The Bertz CT molecular complexity index is 1120. The van der Waals surface area contributed by atoms with Crippen LogP contribution in [-0.4, -0.2) is 49.1 Å². The standard InChI is InChI=1S/C23H31N7O/c1-14(2)25-18-6-7-19(26-15(18)3)17-10-13-30-20(17)21(24-5)28-22(29-30)27-16-8-11-23(4,31)12-9-16/h6-7,10,13,16,31H,8-9,11-12H2,1-5H3,(H2,24,27,28,29). The van der Waals surface area contributed by atoms with E-state index in [1.165, 1.54) is 0 Å². The molecule has 3 heterocycles. The molecule has 8 heteroatoms. The van der Waals surface area contributed by atoms with Gasteiger partial charge in [-0.25, -0.2) is 4.52 Å². The summed E-state index contributed by atoms with van der Waals surface area (Å²) in [5.74, 6) is 1.32. The third kappa shape index (κ3) is 4.54. The molecule has 3 aromatic heterocycles. The van der Waals surface area contributed by atoms with Crippen LogP contribution in [0.15, 0.2) is 29.4 Å². The van der Waals surface area contributed by atoms with Gasteiger partial charge in [-0.2, -0.15) is 4.98 Å². The molecule has 0 unspecified atom stereocenters. The third-order valence-electron chi connectivity index (χ3n) is 5.82. The number of aliphatic hydroxyl groups is 1. The average molecular weight is 422 g/mol. The lowest BCUT2D eigenvalue weighted by molar-refractivity contribution is 0.0195. The molecule has 0 bridgehead atoms. The van der Waals surface area contributed by atoms with Crippen molar-refractivity contribution in [2.45, 2.75) is 65.0 Å². The third-order valence-corrected chi connectivity index (χ3v) is 5.82. The second-order valence-corrected chi connectivity index (χ2v) is 8.83. The van der Waals surface area contributed by atoms with Crippen molar-refractivity contribution in [1.29, 1.82) is 0 Å². The molecule has 0 radical (unpaired) electrons. The first-order chi connectivity index (χ1) is 14.8. The molecule has 0 saturated heterocycles. The van der Waals surface area contributed by atoms with E-state index in [4.69, 9.17) is 9.97 Å². The highest BCUT2D eigenvalue weighted by Crippen LogP contribution is 2.32. The van der Waals surface area contributed by atoms with Crippen LogP contribution in [0.1, 0.15) is 52.1 Å². The molecular formula is C23H31N7O. The van der Waals surface area contributed by atoms with Crippen LogP contribution < -0.4 is 10.6 Å². The average Bonchev–Trinajstić information content (AvgIpc) is 3.14. The van der Waals surface area contributed by atoms with Gasteiger partial charge in [-0.05, 0) is 71.6 Å². The number of nitrogens with one attached hydrogen (secondary N) is 2. The highest BCUT2D eigenvalue weighted by atomic mass is 16.3. The van der Waals surface area contributed by atoms with Crippen LogP contribution in [0, 0.1) is 6.92 Å². The summed E-state index contributed by atoms with van der Waals surface area (Å²) in [6.45, 7) is 7.84. The maximum atomic E-state index is 10.2. The van der Waals surface area contributed by atoms with Crippen LogP contribution in [0.3, 0.4) is 0 Å². The molecule has 0 aliphatic heterocycles. The van der Waals surface area contributed by atoms with E-state index in [0.29, 0.717) is 5.95 Å². The fourth-order valence-electron chi connectivity index (χ4n) is 4.10. The van der Waals surface area contributed by atoms with Crippen LogP contribution in [0.4, 0.5) is 17.5 Å². The first kappa shape index (κ1) is 21.2. The summed E-state index contributed by atoms with van der Waals surface area (Å²) in [4.78, 5) is 14.0. The number of hydrogen-bond donors (Lipinski definition) is 3. The molecule has 0 spiro atoms. The van der Waals surface area contributed by atoms with Crippen molar-refractivity contribution in [3.05, 3.63) is 30.1 Å². The molecule has 31 heavy (non-hydrogen) atoms. The Morgan fingerprint density at radius 3 is 2.58 bits per heavy atom. The van der Waals surface area contributed by atoms with Gasteiger partial charge in [0, 0.05) is 30.6 Å². The molecule has 8 nitrogen and oxygen atoms in total. The predicted molar refractivity (Wildman–Crippen MR) is 125 cm³/mol. The van der Waals surface area contributed by atoms with Crippen molar-refractivity contribution in [1.82, 2.24) is 19.6 Å². The Hall–Kier alpha value is -3.00. The van der Waals surface area contributed by atoms with Crippen LogP contribution in [0.5, 0.6) is 0 Å². The monoisotopic (exact) mass is 421 g/mol. The van der Waals surface area contributed by atoms with Gasteiger partial charge in [-0.3, -0.25) is 9.98 Å². The van der Waals surface area contributed by atoms with Gasteiger partial charge >= 0.3 is 0 Å². The maximum Gasteiger partial charge on any atom is 0.243 e. The van der Waals surface area contributed by atoms with Gasteiger partial charge in [0.2, 0.25) is 5.95 Å². The minimum absolute atomic E-state index is 0.261. The number of aliphatic imine (C=N–C) groups is 1.